The number of amides is 1. The molecule has 1 amide bonds. The number of phenols is 1. The van der Waals surface area contributed by atoms with Crippen molar-refractivity contribution < 1.29 is 19.5 Å². The summed E-state index contributed by atoms with van der Waals surface area (Å²) in [6, 6.07) is 12.7. The standard InChI is InChI=1S/C18H15Br2N3O4/c19-13-8-12(9-14(20)15(13)25)16-21-17(27-22-16)18(26)23(6-7-24)10-11-4-2-1-3-5-11/h1-5,8-9,24-25H,6-7,10H2. The minimum Gasteiger partial charge on any atom is -0.506 e. The van der Waals surface area contributed by atoms with Crippen LogP contribution < -0.4 is 0 Å². The van der Waals surface area contributed by atoms with E-state index in [-0.39, 0.29) is 30.6 Å². The molecule has 0 aliphatic carbocycles. The lowest BCUT2D eigenvalue weighted by Crippen LogP contribution is -2.33. The van der Waals surface area contributed by atoms with E-state index in [1.807, 2.05) is 30.3 Å². The average Bonchev–Trinajstić information content (AvgIpc) is 3.16. The molecule has 1 aromatic heterocycles. The Balaban J connectivity index is 1.84. The van der Waals surface area contributed by atoms with Crippen molar-refractivity contribution in [3.63, 3.8) is 0 Å². The van der Waals surface area contributed by atoms with Crippen LogP contribution in [0, 0.1) is 0 Å². The Morgan fingerprint density at radius 2 is 1.81 bits per heavy atom. The van der Waals surface area contributed by atoms with Crippen molar-refractivity contribution in [2.75, 3.05) is 13.2 Å². The van der Waals surface area contributed by atoms with Gasteiger partial charge in [-0.05, 0) is 49.6 Å². The molecule has 3 rings (SSSR count). The second-order valence-corrected chi connectivity index (χ2v) is 7.36. The molecular formula is C18H15Br2N3O4. The van der Waals surface area contributed by atoms with Gasteiger partial charge in [0.15, 0.2) is 0 Å². The quantitative estimate of drug-likeness (QED) is 0.540. The van der Waals surface area contributed by atoms with Gasteiger partial charge < -0.3 is 19.6 Å². The summed E-state index contributed by atoms with van der Waals surface area (Å²) in [5.74, 6) is -0.378. The Labute approximate surface area is 171 Å². The van der Waals surface area contributed by atoms with E-state index in [0.29, 0.717) is 21.1 Å². The molecule has 0 atom stereocenters. The maximum atomic E-state index is 12.7. The number of phenolic OH excluding ortho intramolecular Hbond substituents is 1. The van der Waals surface area contributed by atoms with E-state index < -0.39 is 5.91 Å². The molecule has 2 N–H and O–H groups in total. The summed E-state index contributed by atoms with van der Waals surface area (Å²) in [6.07, 6.45) is 0. The van der Waals surface area contributed by atoms with E-state index in [1.54, 1.807) is 12.1 Å². The van der Waals surface area contributed by atoms with Crippen LogP contribution in [0.3, 0.4) is 0 Å². The third kappa shape index (κ3) is 4.55. The molecule has 0 saturated heterocycles. The van der Waals surface area contributed by atoms with Gasteiger partial charge in [0.2, 0.25) is 5.82 Å². The van der Waals surface area contributed by atoms with Gasteiger partial charge in [0.05, 0.1) is 15.6 Å². The Kier molecular flexibility index (Phi) is 6.25. The molecule has 0 aliphatic heterocycles. The molecule has 0 aliphatic rings. The van der Waals surface area contributed by atoms with Gasteiger partial charge in [0.1, 0.15) is 5.75 Å². The van der Waals surface area contributed by atoms with E-state index in [4.69, 9.17) is 4.52 Å². The number of aliphatic hydroxyl groups excluding tert-OH is 1. The summed E-state index contributed by atoms with van der Waals surface area (Å²) in [4.78, 5) is 18.3. The lowest BCUT2D eigenvalue weighted by Gasteiger charge is -2.19. The second kappa shape index (κ2) is 8.64. The van der Waals surface area contributed by atoms with Gasteiger partial charge in [-0.15, -0.1) is 0 Å². The highest BCUT2D eigenvalue weighted by molar-refractivity contribution is 9.11. The number of aliphatic hydroxyl groups is 1. The van der Waals surface area contributed by atoms with Crippen LogP contribution in [0.2, 0.25) is 0 Å². The average molecular weight is 497 g/mol. The Hall–Kier alpha value is -2.23. The number of halogens is 2. The summed E-state index contributed by atoms with van der Waals surface area (Å²) in [6.45, 7) is 0.271. The second-order valence-electron chi connectivity index (χ2n) is 5.65. The smallest absolute Gasteiger partial charge is 0.316 e. The molecule has 0 radical (unpaired) electrons. The molecular weight excluding hydrogens is 482 g/mol. The fraction of sp³-hybridized carbons (Fsp3) is 0.167. The zero-order chi connectivity index (χ0) is 19.4. The lowest BCUT2D eigenvalue weighted by molar-refractivity contribution is 0.0658. The topological polar surface area (TPSA) is 99.7 Å². The molecule has 0 fully saturated rings. The van der Waals surface area contributed by atoms with E-state index in [0.717, 1.165) is 5.56 Å². The number of benzene rings is 2. The first kappa shape index (κ1) is 19.5. The van der Waals surface area contributed by atoms with Gasteiger partial charge in [-0.3, -0.25) is 4.79 Å². The van der Waals surface area contributed by atoms with Gasteiger partial charge in [-0.2, -0.15) is 4.98 Å². The Bertz CT molecular complexity index is 924. The predicted octanol–water partition coefficient (Wildman–Crippen LogP) is 3.60. The van der Waals surface area contributed by atoms with Crippen molar-refractivity contribution in [1.29, 1.82) is 0 Å². The fourth-order valence-electron chi connectivity index (χ4n) is 2.43. The third-order valence-electron chi connectivity index (χ3n) is 3.76. The summed E-state index contributed by atoms with van der Waals surface area (Å²) in [7, 11) is 0. The van der Waals surface area contributed by atoms with Crippen LogP contribution in [0.15, 0.2) is 55.9 Å². The number of aromatic nitrogens is 2. The minimum atomic E-state index is -0.469. The highest BCUT2D eigenvalue weighted by Crippen LogP contribution is 2.36. The third-order valence-corrected chi connectivity index (χ3v) is 4.97. The van der Waals surface area contributed by atoms with Crippen molar-refractivity contribution in [2.45, 2.75) is 6.54 Å². The van der Waals surface area contributed by atoms with Crippen molar-refractivity contribution in [2.24, 2.45) is 0 Å². The summed E-state index contributed by atoms with van der Waals surface area (Å²) in [5, 5.41) is 22.9. The highest BCUT2D eigenvalue weighted by atomic mass is 79.9. The van der Waals surface area contributed by atoms with Gasteiger partial charge >= 0.3 is 11.8 Å². The number of nitrogens with zero attached hydrogens (tertiary/aromatic N) is 3. The molecule has 2 aromatic carbocycles. The van der Waals surface area contributed by atoms with Crippen molar-refractivity contribution >= 4 is 37.8 Å². The van der Waals surface area contributed by atoms with Gasteiger partial charge in [-0.1, -0.05) is 35.5 Å². The zero-order valence-electron chi connectivity index (χ0n) is 14.0. The molecule has 9 heteroatoms. The van der Waals surface area contributed by atoms with E-state index in [9.17, 15) is 15.0 Å². The fourth-order valence-corrected chi connectivity index (χ4v) is 3.62. The highest BCUT2D eigenvalue weighted by Gasteiger charge is 2.23. The van der Waals surface area contributed by atoms with Crippen LogP contribution in [0.25, 0.3) is 11.4 Å². The SMILES string of the molecule is O=C(c1nc(-c2cc(Br)c(O)c(Br)c2)no1)N(CCO)Cc1ccccc1. The first-order valence-corrected chi connectivity index (χ1v) is 9.54. The predicted molar refractivity (Wildman–Crippen MR) is 105 cm³/mol. The summed E-state index contributed by atoms with van der Waals surface area (Å²) in [5.41, 5.74) is 1.48. The van der Waals surface area contributed by atoms with E-state index in [2.05, 4.69) is 42.0 Å². The van der Waals surface area contributed by atoms with Gasteiger partial charge in [-0.25, -0.2) is 0 Å². The van der Waals surface area contributed by atoms with E-state index >= 15 is 0 Å². The number of hydrogen-bond acceptors (Lipinski definition) is 6. The number of aromatic hydroxyl groups is 1. The van der Waals surface area contributed by atoms with Gasteiger partial charge in [0.25, 0.3) is 0 Å². The summed E-state index contributed by atoms with van der Waals surface area (Å²) >= 11 is 6.48. The van der Waals surface area contributed by atoms with Crippen LogP contribution >= 0.6 is 31.9 Å². The van der Waals surface area contributed by atoms with Crippen LogP contribution in [0.4, 0.5) is 0 Å². The van der Waals surface area contributed by atoms with Crippen molar-refractivity contribution in [3.8, 4) is 17.1 Å². The molecule has 3 aromatic rings. The first-order chi connectivity index (χ1) is 13.0. The maximum absolute atomic E-state index is 12.7. The number of rotatable bonds is 6. The van der Waals surface area contributed by atoms with Crippen molar-refractivity contribution in [1.82, 2.24) is 15.0 Å². The maximum Gasteiger partial charge on any atom is 0.316 e. The molecule has 0 unspecified atom stereocenters. The van der Waals surface area contributed by atoms with Crippen LogP contribution in [0.5, 0.6) is 5.75 Å². The monoisotopic (exact) mass is 495 g/mol. The Morgan fingerprint density at radius 1 is 1.15 bits per heavy atom. The van der Waals surface area contributed by atoms with Crippen LogP contribution in [0.1, 0.15) is 16.2 Å². The minimum absolute atomic E-state index is 0.0514. The lowest BCUT2D eigenvalue weighted by atomic mass is 10.2. The Morgan fingerprint density at radius 3 is 2.44 bits per heavy atom. The molecule has 140 valence electrons. The zero-order valence-corrected chi connectivity index (χ0v) is 17.1. The molecule has 7 nitrogen and oxygen atoms in total. The van der Waals surface area contributed by atoms with Gasteiger partial charge in [0, 0.05) is 18.7 Å². The molecule has 27 heavy (non-hydrogen) atoms. The largest absolute Gasteiger partial charge is 0.506 e. The molecule has 0 bridgehead atoms. The van der Waals surface area contributed by atoms with E-state index in [1.165, 1.54) is 4.90 Å². The molecule has 1 heterocycles. The number of hydrogen-bond donors (Lipinski definition) is 2. The normalized spacial score (nSPS) is 10.8. The number of carbonyl (C=O) groups is 1. The van der Waals surface area contributed by atoms with Crippen LogP contribution in [-0.4, -0.2) is 44.3 Å². The number of carbonyl (C=O) groups excluding carboxylic acids is 1. The first-order valence-electron chi connectivity index (χ1n) is 7.95. The molecule has 0 spiro atoms. The van der Waals surface area contributed by atoms with Crippen LogP contribution in [-0.2, 0) is 6.54 Å². The van der Waals surface area contributed by atoms with Crippen molar-refractivity contribution in [3.05, 3.63) is 62.9 Å². The molecule has 0 saturated carbocycles. The summed E-state index contributed by atoms with van der Waals surface area (Å²) < 4.78 is 6.04.